The van der Waals surface area contributed by atoms with Crippen LogP contribution in [0.2, 0.25) is 0 Å². The van der Waals surface area contributed by atoms with Gasteiger partial charge in [0.2, 0.25) is 0 Å². The van der Waals surface area contributed by atoms with E-state index in [-0.39, 0.29) is 12.0 Å². The fourth-order valence-electron chi connectivity index (χ4n) is 2.52. The van der Waals surface area contributed by atoms with Crippen LogP contribution in [0.3, 0.4) is 0 Å². The average Bonchev–Trinajstić information content (AvgIpc) is 2.34. The van der Waals surface area contributed by atoms with Crippen LogP contribution in [-0.2, 0) is 4.79 Å². The summed E-state index contributed by atoms with van der Waals surface area (Å²) in [6.45, 7) is 4.01. The van der Waals surface area contributed by atoms with E-state index < -0.39 is 5.97 Å². The van der Waals surface area contributed by atoms with Crippen LogP contribution in [0, 0.1) is 19.8 Å². The number of hydrogen-bond donors (Lipinski definition) is 1. The third-order valence-electron chi connectivity index (χ3n) is 3.64. The maximum Gasteiger partial charge on any atom is 0.310 e. The van der Waals surface area contributed by atoms with Gasteiger partial charge in [0.15, 0.2) is 0 Å². The zero-order chi connectivity index (χ0) is 13.1. The van der Waals surface area contributed by atoms with Crippen LogP contribution < -0.4 is 4.74 Å². The second kappa shape index (κ2) is 5.42. The Bertz CT molecular complexity index is 439. The molecule has 0 bridgehead atoms. The zero-order valence-electron chi connectivity index (χ0n) is 11.0. The minimum absolute atomic E-state index is 0.184. The van der Waals surface area contributed by atoms with Crippen molar-refractivity contribution in [1.82, 2.24) is 0 Å². The van der Waals surface area contributed by atoms with Gasteiger partial charge in [-0.05, 0) is 50.3 Å². The second-order valence-electron chi connectivity index (χ2n) is 5.15. The molecule has 1 aromatic carbocycles. The Morgan fingerprint density at radius 2 is 2.00 bits per heavy atom. The summed E-state index contributed by atoms with van der Waals surface area (Å²) in [4.78, 5) is 11.2. The van der Waals surface area contributed by atoms with Crippen LogP contribution in [0.25, 0.3) is 0 Å². The van der Waals surface area contributed by atoms with Crippen molar-refractivity contribution in [2.45, 2.75) is 45.6 Å². The Hall–Kier alpha value is -1.51. The number of aliphatic carboxylic acids is 1. The van der Waals surface area contributed by atoms with Gasteiger partial charge in [0.1, 0.15) is 11.9 Å². The van der Waals surface area contributed by atoms with Crippen molar-refractivity contribution in [2.75, 3.05) is 0 Å². The van der Waals surface area contributed by atoms with Gasteiger partial charge in [0.25, 0.3) is 0 Å². The molecule has 1 aliphatic rings. The first-order chi connectivity index (χ1) is 8.58. The van der Waals surface area contributed by atoms with Gasteiger partial charge in [-0.3, -0.25) is 4.79 Å². The highest BCUT2D eigenvalue weighted by Gasteiger charge is 2.32. The molecule has 1 aliphatic carbocycles. The van der Waals surface area contributed by atoms with Crippen LogP contribution in [0.15, 0.2) is 18.2 Å². The molecular weight excluding hydrogens is 228 g/mol. The van der Waals surface area contributed by atoms with Crippen molar-refractivity contribution in [3.05, 3.63) is 29.3 Å². The third kappa shape index (κ3) is 2.84. The van der Waals surface area contributed by atoms with E-state index in [2.05, 4.69) is 0 Å². The summed E-state index contributed by atoms with van der Waals surface area (Å²) in [6, 6.07) is 6.05. The van der Waals surface area contributed by atoms with Gasteiger partial charge in [-0.2, -0.15) is 0 Å². The first kappa shape index (κ1) is 12.9. The fraction of sp³-hybridized carbons (Fsp3) is 0.533. The van der Waals surface area contributed by atoms with Crippen LogP contribution in [-0.4, -0.2) is 17.2 Å². The second-order valence-corrected chi connectivity index (χ2v) is 5.15. The third-order valence-corrected chi connectivity index (χ3v) is 3.64. The number of rotatable bonds is 3. The summed E-state index contributed by atoms with van der Waals surface area (Å²) in [5.74, 6) is -0.267. The van der Waals surface area contributed by atoms with Crippen LogP contribution in [0.4, 0.5) is 0 Å². The number of carbonyl (C=O) groups is 1. The number of carboxylic acid groups (broad SMARTS) is 1. The molecule has 0 aliphatic heterocycles. The Kier molecular flexibility index (Phi) is 3.90. The lowest BCUT2D eigenvalue weighted by Crippen LogP contribution is -2.35. The number of aryl methyl sites for hydroxylation is 2. The van der Waals surface area contributed by atoms with Gasteiger partial charge < -0.3 is 9.84 Å². The van der Waals surface area contributed by atoms with E-state index in [4.69, 9.17) is 4.74 Å². The van der Waals surface area contributed by atoms with Crippen molar-refractivity contribution in [3.8, 4) is 5.75 Å². The molecule has 0 heterocycles. The highest BCUT2D eigenvalue weighted by Crippen LogP contribution is 2.30. The van der Waals surface area contributed by atoms with E-state index in [9.17, 15) is 9.90 Å². The summed E-state index contributed by atoms with van der Waals surface area (Å²) in [5, 5.41) is 9.23. The molecular formula is C15H20O3. The van der Waals surface area contributed by atoms with E-state index >= 15 is 0 Å². The van der Waals surface area contributed by atoms with Gasteiger partial charge in [0, 0.05) is 0 Å². The molecule has 0 amide bonds. The summed E-state index contributed by atoms with van der Waals surface area (Å²) >= 11 is 0. The van der Waals surface area contributed by atoms with Crippen molar-refractivity contribution in [2.24, 2.45) is 5.92 Å². The van der Waals surface area contributed by atoms with E-state index in [1.165, 1.54) is 0 Å². The summed E-state index contributed by atoms with van der Waals surface area (Å²) < 4.78 is 5.96. The molecule has 0 aromatic heterocycles. The van der Waals surface area contributed by atoms with E-state index in [1.807, 2.05) is 32.0 Å². The van der Waals surface area contributed by atoms with E-state index in [0.717, 1.165) is 42.6 Å². The molecule has 0 radical (unpaired) electrons. The molecule has 1 saturated carbocycles. The number of ether oxygens (including phenoxy) is 1. The summed E-state index contributed by atoms with van der Waals surface area (Å²) in [5.41, 5.74) is 2.20. The minimum atomic E-state index is -0.731. The fourth-order valence-corrected chi connectivity index (χ4v) is 2.52. The highest BCUT2D eigenvalue weighted by molar-refractivity contribution is 5.71. The van der Waals surface area contributed by atoms with Crippen LogP contribution >= 0.6 is 0 Å². The van der Waals surface area contributed by atoms with Crippen molar-refractivity contribution in [3.63, 3.8) is 0 Å². The van der Waals surface area contributed by atoms with Crippen molar-refractivity contribution >= 4 is 5.97 Å². The van der Waals surface area contributed by atoms with Crippen molar-refractivity contribution in [1.29, 1.82) is 0 Å². The number of benzene rings is 1. The predicted molar refractivity (Wildman–Crippen MR) is 69.9 cm³/mol. The Morgan fingerprint density at radius 1 is 1.28 bits per heavy atom. The van der Waals surface area contributed by atoms with Gasteiger partial charge in [-0.25, -0.2) is 0 Å². The first-order valence-corrected chi connectivity index (χ1v) is 6.54. The minimum Gasteiger partial charge on any atom is -0.489 e. The van der Waals surface area contributed by atoms with Crippen LogP contribution in [0.5, 0.6) is 5.75 Å². The lowest BCUT2D eigenvalue weighted by atomic mass is 9.86. The SMILES string of the molecule is Cc1ccc(C)c(OC2CCCCC2C(=O)O)c1. The Labute approximate surface area is 108 Å². The summed E-state index contributed by atoms with van der Waals surface area (Å²) in [7, 11) is 0. The molecule has 2 rings (SSSR count). The molecule has 2 unspecified atom stereocenters. The molecule has 1 fully saturated rings. The molecule has 3 heteroatoms. The molecule has 98 valence electrons. The molecule has 18 heavy (non-hydrogen) atoms. The van der Waals surface area contributed by atoms with Crippen LogP contribution in [0.1, 0.15) is 36.8 Å². The van der Waals surface area contributed by atoms with Gasteiger partial charge in [-0.1, -0.05) is 18.6 Å². The molecule has 1 N–H and O–H groups in total. The molecule has 0 spiro atoms. The van der Waals surface area contributed by atoms with Gasteiger partial charge in [-0.15, -0.1) is 0 Å². The lowest BCUT2D eigenvalue weighted by molar-refractivity contribution is -0.146. The Balaban J connectivity index is 2.15. The summed E-state index contributed by atoms with van der Waals surface area (Å²) in [6.07, 6.45) is 3.43. The Morgan fingerprint density at radius 3 is 2.72 bits per heavy atom. The normalized spacial score (nSPS) is 23.7. The lowest BCUT2D eigenvalue weighted by Gasteiger charge is -2.29. The number of hydrogen-bond acceptors (Lipinski definition) is 2. The van der Waals surface area contributed by atoms with Gasteiger partial charge in [0.05, 0.1) is 5.92 Å². The largest absolute Gasteiger partial charge is 0.489 e. The quantitative estimate of drug-likeness (QED) is 0.892. The monoisotopic (exact) mass is 248 g/mol. The number of carboxylic acids is 1. The molecule has 2 atom stereocenters. The smallest absolute Gasteiger partial charge is 0.310 e. The average molecular weight is 248 g/mol. The molecule has 1 aromatic rings. The topological polar surface area (TPSA) is 46.5 Å². The standard InChI is InChI=1S/C15H20O3/c1-10-7-8-11(2)14(9-10)18-13-6-4-3-5-12(13)15(16)17/h7-9,12-13H,3-6H2,1-2H3,(H,16,17). The molecule has 3 nitrogen and oxygen atoms in total. The van der Waals surface area contributed by atoms with E-state index in [0.29, 0.717) is 0 Å². The maximum atomic E-state index is 11.2. The van der Waals surface area contributed by atoms with E-state index in [1.54, 1.807) is 0 Å². The zero-order valence-corrected chi connectivity index (χ0v) is 11.0. The molecule has 0 saturated heterocycles. The van der Waals surface area contributed by atoms with Crippen molar-refractivity contribution < 1.29 is 14.6 Å². The highest BCUT2D eigenvalue weighted by atomic mass is 16.5. The predicted octanol–water partition coefficient (Wildman–Crippen LogP) is 3.33. The first-order valence-electron chi connectivity index (χ1n) is 6.54. The maximum absolute atomic E-state index is 11.2. The van der Waals surface area contributed by atoms with Gasteiger partial charge >= 0.3 is 5.97 Å².